The zero-order chi connectivity index (χ0) is 8.84. The average molecular weight is 183 g/mol. The summed E-state index contributed by atoms with van der Waals surface area (Å²) in [5, 5.41) is 0. The Kier molecular flexibility index (Phi) is 1.86. The number of ether oxygens (including phenoxy) is 2. The first-order chi connectivity index (χ1) is 6.33. The Bertz CT molecular complexity index is 189. The SMILES string of the molecule is NC1CC2CC3OCOC3C[C@@H]2C1. The molecule has 0 amide bonds. The summed E-state index contributed by atoms with van der Waals surface area (Å²) in [6, 6.07) is 0.439. The predicted octanol–water partition coefficient (Wildman–Crippen LogP) is 0.875. The highest BCUT2D eigenvalue weighted by molar-refractivity contribution is 4.95. The van der Waals surface area contributed by atoms with Crippen molar-refractivity contribution in [3.63, 3.8) is 0 Å². The lowest BCUT2D eigenvalue weighted by Gasteiger charge is -2.32. The van der Waals surface area contributed by atoms with Crippen molar-refractivity contribution in [3.8, 4) is 0 Å². The van der Waals surface area contributed by atoms with Crippen LogP contribution in [0.4, 0.5) is 0 Å². The Morgan fingerprint density at radius 3 is 1.92 bits per heavy atom. The quantitative estimate of drug-likeness (QED) is 0.606. The molecule has 0 aromatic heterocycles. The smallest absolute Gasteiger partial charge is 0.147 e. The fourth-order valence-electron chi connectivity index (χ4n) is 3.30. The second-order valence-corrected chi connectivity index (χ2v) is 4.75. The summed E-state index contributed by atoms with van der Waals surface area (Å²) < 4.78 is 11.1. The summed E-state index contributed by atoms with van der Waals surface area (Å²) in [5.74, 6) is 1.64. The van der Waals surface area contributed by atoms with E-state index in [0.29, 0.717) is 25.0 Å². The molecule has 5 atom stereocenters. The van der Waals surface area contributed by atoms with Crippen molar-refractivity contribution in [1.82, 2.24) is 0 Å². The van der Waals surface area contributed by atoms with E-state index in [2.05, 4.69) is 0 Å². The first-order valence-corrected chi connectivity index (χ1v) is 5.31. The largest absolute Gasteiger partial charge is 0.349 e. The minimum Gasteiger partial charge on any atom is -0.349 e. The molecule has 3 aliphatic rings. The molecule has 3 nitrogen and oxygen atoms in total. The van der Waals surface area contributed by atoms with E-state index >= 15 is 0 Å². The number of hydrogen-bond acceptors (Lipinski definition) is 3. The van der Waals surface area contributed by atoms with Gasteiger partial charge in [0, 0.05) is 6.04 Å². The van der Waals surface area contributed by atoms with Gasteiger partial charge in [-0.05, 0) is 37.5 Å². The van der Waals surface area contributed by atoms with Crippen molar-refractivity contribution in [2.75, 3.05) is 6.79 Å². The number of fused-ring (bicyclic) bond motifs is 2. The van der Waals surface area contributed by atoms with E-state index in [-0.39, 0.29) is 0 Å². The molecule has 4 unspecified atom stereocenters. The van der Waals surface area contributed by atoms with Crippen LogP contribution in [0.3, 0.4) is 0 Å². The minimum absolute atomic E-state index is 0.381. The van der Waals surface area contributed by atoms with Gasteiger partial charge in [0.05, 0.1) is 12.2 Å². The van der Waals surface area contributed by atoms with E-state index < -0.39 is 0 Å². The molecule has 0 radical (unpaired) electrons. The van der Waals surface area contributed by atoms with E-state index in [0.717, 1.165) is 11.8 Å². The van der Waals surface area contributed by atoms with Crippen molar-refractivity contribution in [1.29, 1.82) is 0 Å². The lowest BCUT2D eigenvalue weighted by molar-refractivity contribution is 0.0385. The Hall–Kier alpha value is -0.120. The molecule has 1 heterocycles. The van der Waals surface area contributed by atoms with Gasteiger partial charge in [-0.15, -0.1) is 0 Å². The number of hydrogen-bond donors (Lipinski definition) is 1. The third-order valence-electron chi connectivity index (χ3n) is 3.93. The Balaban J connectivity index is 1.73. The molecule has 2 saturated carbocycles. The van der Waals surface area contributed by atoms with Crippen LogP contribution < -0.4 is 5.73 Å². The molecule has 0 aromatic rings. The standard InChI is InChI=1S/C10H17NO2/c11-8-1-6-3-9-10(13-5-12-9)4-7(6)2-8/h6-10H,1-5,11H2/t6-,7?,8?,9?,10?/m0/s1. The zero-order valence-corrected chi connectivity index (χ0v) is 7.82. The van der Waals surface area contributed by atoms with Gasteiger partial charge < -0.3 is 15.2 Å². The third kappa shape index (κ3) is 1.30. The summed E-state index contributed by atoms with van der Waals surface area (Å²) in [6.45, 7) is 0.515. The van der Waals surface area contributed by atoms with Crippen molar-refractivity contribution in [3.05, 3.63) is 0 Å². The minimum atomic E-state index is 0.381. The van der Waals surface area contributed by atoms with Gasteiger partial charge in [-0.2, -0.15) is 0 Å². The normalized spacial score (nSPS) is 54.7. The summed E-state index contributed by atoms with van der Waals surface area (Å²) in [5.41, 5.74) is 5.96. The maximum absolute atomic E-state index is 5.96. The molecule has 0 aromatic carbocycles. The third-order valence-corrected chi connectivity index (χ3v) is 3.93. The maximum atomic E-state index is 5.96. The van der Waals surface area contributed by atoms with Crippen molar-refractivity contribution in [2.45, 2.75) is 43.9 Å². The molecule has 3 rings (SSSR count). The summed E-state index contributed by atoms with van der Waals surface area (Å²) >= 11 is 0. The second kappa shape index (κ2) is 2.94. The van der Waals surface area contributed by atoms with Crippen LogP contribution in [-0.2, 0) is 9.47 Å². The monoisotopic (exact) mass is 183 g/mol. The van der Waals surface area contributed by atoms with Gasteiger partial charge in [0.25, 0.3) is 0 Å². The number of rotatable bonds is 0. The second-order valence-electron chi connectivity index (χ2n) is 4.75. The van der Waals surface area contributed by atoms with Gasteiger partial charge >= 0.3 is 0 Å². The van der Waals surface area contributed by atoms with Crippen LogP contribution in [-0.4, -0.2) is 25.0 Å². The molecule has 1 saturated heterocycles. The van der Waals surface area contributed by atoms with Crippen LogP contribution in [0.1, 0.15) is 25.7 Å². The Morgan fingerprint density at radius 1 is 0.846 bits per heavy atom. The molecule has 1 aliphatic heterocycles. The van der Waals surface area contributed by atoms with Crippen LogP contribution in [0.15, 0.2) is 0 Å². The summed E-state index contributed by atoms with van der Waals surface area (Å²) in [4.78, 5) is 0. The van der Waals surface area contributed by atoms with Gasteiger partial charge in [0.1, 0.15) is 6.79 Å². The van der Waals surface area contributed by atoms with Crippen molar-refractivity contribution < 1.29 is 9.47 Å². The van der Waals surface area contributed by atoms with Gasteiger partial charge in [-0.25, -0.2) is 0 Å². The van der Waals surface area contributed by atoms with Crippen molar-refractivity contribution >= 4 is 0 Å². The van der Waals surface area contributed by atoms with Gasteiger partial charge in [0.2, 0.25) is 0 Å². The number of nitrogens with two attached hydrogens (primary N) is 1. The summed E-state index contributed by atoms with van der Waals surface area (Å²) in [7, 11) is 0. The van der Waals surface area contributed by atoms with Crippen LogP contribution >= 0.6 is 0 Å². The molecule has 0 bridgehead atoms. The average Bonchev–Trinajstić information content (AvgIpc) is 2.63. The fourth-order valence-corrected chi connectivity index (χ4v) is 3.30. The van der Waals surface area contributed by atoms with Gasteiger partial charge in [-0.3, -0.25) is 0 Å². The van der Waals surface area contributed by atoms with Gasteiger partial charge in [0.15, 0.2) is 0 Å². The van der Waals surface area contributed by atoms with E-state index in [1.54, 1.807) is 0 Å². The first kappa shape index (κ1) is 8.21. The van der Waals surface area contributed by atoms with E-state index in [4.69, 9.17) is 15.2 Å². The molecule has 2 N–H and O–H groups in total. The molecule has 3 heteroatoms. The van der Waals surface area contributed by atoms with E-state index in [1.165, 1.54) is 25.7 Å². The zero-order valence-electron chi connectivity index (χ0n) is 7.82. The lowest BCUT2D eigenvalue weighted by atomic mass is 9.79. The first-order valence-electron chi connectivity index (χ1n) is 5.31. The van der Waals surface area contributed by atoms with E-state index in [1.807, 2.05) is 0 Å². The molecule has 13 heavy (non-hydrogen) atoms. The topological polar surface area (TPSA) is 44.5 Å². The molecule has 0 spiro atoms. The highest BCUT2D eigenvalue weighted by atomic mass is 16.7. The summed E-state index contributed by atoms with van der Waals surface area (Å²) in [6.07, 6.45) is 5.54. The van der Waals surface area contributed by atoms with Crippen LogP contribution in [0, 0.1) is 11.8 Å². The highest BCUT2D eigenvalue weighted by Crippen LogP contribution is 2.44. The van der Waals surface area contributed by atoms with Crippen LogP contribution in [0.5, 0.6) is 0 Å². The molecular weight excluding hydrogens is 166 g/mol. The van der Waals surface area contributed by atoms with Crippen molar-refractivity contribution in [2.24, 2.45) is 17.6 Å². The fraction of sp³-hybridized carbons (Fsp3) is 1.00. The molecular formula is C10H17NO2. The molecule has 74 valence electrons. The lowest BCUT2D eigenvalue weighted by Crippen LogP contribution is -2.34. The highest BCUT2D eigenvalue weighted by Gasteiger charge is 2.44. The van der Waals surface area contributed by atoms with E-state index in [9.17, 15) is 0 Å². The molecule has 2 aliphatic carbocycles. The Labute approximate surface area is 78.6 Å². The maximum Gasteiger partial charge on any atom is 0.147 e. The predicted molar refractivity (Wildman–Crippen MR) is 48.0 cm³/mol. The van der Waals surface area contributed by atoms with Crippen LogP contribution in [0.2, 0.25) is 0 Å². The molecule has 3 fully saturated rings. The van der Waals surface area contributed by atoms with Gasteiger partial charge in [-0.1, -0.05) is 0 Å². The van der Waals surface area contributed by atoms with Crippen LogP contribution in [0.25, 0.3) is 0 Å². The Morgan fingerprint density at radius 2 is 1.38 bits per heavy atom.